The van der Waals surface area contributed by atoms with Gasteiger partial charge < -0.3 is 24.5 Å². The summed E-state index contributed by atoms with van der Waals surface area (Å²) in [6.45, 7) is 4.84. The predicted octanol–water partition coefficient (Wildman–Crippen LogP) is 3.82. The molecule has 0 aromatic heterocycles. The molecule has 0 unspecified atom stereocenters. The molecule has 1 N–H and O–H groups in total. The fourth-order valence-corrected chi connectivity index (χ4v) is 3.32. The fourth-order valence-electron chi connectivity index (χ4n) is 3.32. The summed E-state index contributed by atoms with van der Waals surface area (Å²) in [7, 11) is 3.21. The van der Waals surface area contributed by atoms with Crippen LogP contribution in [0, 0.1) is 0 Å². The van der Waals surface area contributed by atoms with E-state index in [4.69, 9.17) is 14.3 Å². The van der Waals surface area contributed by atoms with Crippen molar-refractivity contribution >= 4 is 11.7 Å². The highest BCUT2D eigenvalue weighted by atomic mass is 16.6. The summed E-state index contributed by atoms with van der Waals surface area (Å²) in [5, 5.41) is 7.23. The number of urea groups is 1. The summed E-state index contributed by atoms with van der Waals surface area (Å²) in [5.74, 6) is 1.31. The highest BCUT2D eigenvalue weighted by Gasteiger charge is 2.27. The number of nitrogens with zero attached hydrogens (tertiary/aromatic N) is 2. The molecule has 1 heterocycles. The van der Waals surface area contributed by atoms with Crippen molar-refractivity contribution in [2.45, 2.75) is 39.0 Å². The average molecular weight is 412 g/mol. The third kappa shape index (κ3) is 5.43. The first-order valence-corrected chi connectivity index (χ1v) is 10.0. The maximum Gasteiger partial charge on any atom is 0.318 e. The van der Waals surface area contributed by atoms with E-state index in [1.165, 1.54) is 0 Å². The molecule has 160 valence electrons. The van der Waals surface area contributed by atoms with Gasteiger partial charge in [0.1, 0.15) is 0 Å². The number of rotatable bonds is 8. The summed E-state index contributed by atoms with van der Waals surface area (Å²) >= 11 is 0. The van der Waals surface area contributed by atoms with Crippen LogP contribution in [0.25, 0.3) is 0 Å². The van der Waals surface area contributed by atoms with Crippen molar-refractivity contribution in [2.24, 2.45) is 5.16 Å². The van der Waals surface area contributed by atoms with Crippen molar-refractivity contribution in [1.82, 2.24) is 10.2 Å². The van der Waals surface area contributed by atoms with Gasteiger partial charge in [0.25, 0.3) is 0 Å². The Hall–Kier alpha value is -3.22. The van der Waals surface area contributed by atoms with Crippen molar-refractivity contribution in [1.29, 1.82) is 0 Å². The number of carbonyl (C=O) groups excluding carboxylic acids is 1. The van der Waals surface area contributed by atoms with Gasteiger partial charge in [-0.2, -0.15) is 0 Å². The van der Waals surface area contributed by atoms with Crippen molar-refractivity contribution < 1.29 is 19.1 Å². The first-order chi connectivity index (χ1) is 14.5. The molecule has 0 radical (unpaired) electrons. The molecule has 2 aromatic rings. The topological polar surface area (TPSA) is 72.4 Å². The third-order valence-corrected chi connectivity index (χ3v) is 4.79. The molecule has 3 rings (SSSR count). The first kappa shape index (κ1) is 21.5. The van der Waals surface area contributed by atoms with Gasteiger partial charge in [0.15, 0.2) is 17.6 Å². The molecule has 30 heavy (non-hydrogen) atoms. The fraction of sp³-hybridized carbons (Fsp3) is 0.391. The standard InChI is InChI=1S/C23H29N3O4/c1-16(2)24-23(27)26(14-17-8-6-5-7-9-17)15-19-13-20(25-30-19)18-10-11-21(28-3)22(12-18)29-4/h5-12,16,19H,13-15H2,1-4H3,(H,24,27)/t19-/m0/s1. The minimum absolute atomic E-state index is 0.0545. The Kier molecular flexibility index (Phi) is 7.17. The van der Waals surface area contributed by atoms with Crippen molar-refractivity contribution in [3.8, 4) is 11.5 Å². The van der Waals surface area contributed by atoms with E-state index >= 15 is 0 Å². The Morgan fingerprint density at radius 3 is 2.57 bits per heavy atom. The Balaban J connectivity index is 1.68. The lowest BCUT2D eigenvalue weighted by Gasteiger charge is -2.26. The van der Waals surface area contributed by atoms with Gasteiger partial charge >= 0.3 is 6.03 Å². The van der Waals surface area contributed by atoms with Crippen molar-refractivity contribution in [3.63, 3.8) is 0 Å². The number of oxime groups is 1. The van der Waals surface area contributed by atoms with Gasteiger partial charge in [0.05, 0.1) is 26.5 Å². The van der Waals surface area contributed by atoms with Crippen LogP contribution in [0.3, 0.4) is 0 Å². The van der Waals surface area contributed by atoms with Gasteiger partial charge in [-0.15, -0.1) is 0 Å². The summed E-state index contributed by atoms with van der Waals surface area (Å²) in [6.07, 6.45) is 0.394. The van der Waals surface area contributed by atoms with E-state index in [2.05, 4.69) is 10.5 Å². The Labute approximate surface area is 177 Å². The number of methoxy groups -OCH3 is 2. The summed E-state index contributed by atoms with van der Waals surface area (Å²) in [6, 6.07) is 15.5. The zero-order valence-electron chi connectivity index (χ0n) is 17.9. The van der Waals surface area contributed by atoms with Crippen LogP contribution >= 0.6 is 0 Å². The van der Waals surface area contributed by atoms with Gasteiger partial charge in [-0.05, 0) is 37.6 Å². The van der Waals surface area contributed by atoms with Gasteiger partial charge in [-0.25, -0.2) is 4.79 Å². The molecule has 0 bridgehead atoms. The van der Waals surface area contributed by atoms with E-state index in [0.29, 0.717) is 31.0 Å². The lowest BCUT2D eigenvalue weighted by atomic mass is 10.0. The van der Waals surface area contributed by atoms with Gasteiger partial charge in [-0.1, -0.05) is 35.5 Å². The summed E-state index contributed by atoms with van der Waals surface area (Å²) in [4.78, 5) is 20.2. The second-order valence-corrected chi connectivity index (χ2v) is 7.51. The SMILES string of the molecule is COc1ccc(C2=NO[C@H](CN(Cc3ccccc3)C(=O)NC(C)C)C2)cc1OC. The van der Waals surface area contributed by atoms with E-state index in [9.17, 15) is 4.79 Å². The van der Waals surface area contributed by atoms with E-state index < -0.39 is 0 Å². The molecule has 1 atom stereocenters. The van der Waals surface area contributed by atoms with Gasteiger partial charge in [0, 0.05) is 24.6 Å². The largest absolute Gasteiger partial charge is 0.493 e. The van der Waals surface area contributed by atoms with E-state index in [1.54, 1.807) is 19.1 Å². The monoisotopic (exact) mass is 411 g/mol. The number of ether oxygens (including phenoxy) is 2. The minimum Gasteiger partial charge on any atom is -0.493 e. The summed E-state index contributed by atoms with van der Waals surface area (Å²) in [5.41, 5.74) is 2.80. The van der Waals surface area contributed by atoms with Crippen LogP contribution in [-0.4, -0.2) is 49.6 Å². The van der Waals surface area contributed by atoms with E-state index in [-0.39, 0.29) is 18.2 Å². The second-order valence-electron chi connectivity index (χ2n) is 7.51. The maximum atomic E-state index is 12.7. The molecule has 7 heteroatoms. The molecule has 0 aliphatic carbocycles. The van der Waals surface area contributed by atoms with Crippen LogP contribution in [0.2, 0.25) is 0 Å². The molecule has 1 aliphatic rings. The lowest BCUT2D eigenvalue weighted by Crippen LogP contribution is -2.45. The smallest absolute Gasteiger partial charge is 0.318 e. The molecule has 2 amide bonds. The Bertz CT molecular complexity index is 883. The lowest BCUT2D eigenvalue weighted by molar-refractivity contribution is 0.0586. The van der Waals surface area contributed by atoms with Crippen molar-refractivity contribution in [2.75, 3.05) is 20.8 Å². The molecule has 0 spiro atoms. The van der Waals surface area contributed by atoms with Crippen LogP contribution in [0.1, 0.15) is 31.4 Å². The molecular formula is C23H29N3O4. The molecule has 0 saturated heterocycles. The van der Waals surface area contributed by atoms with E-state index in [1.807, 2.05) is 62.4 Å². The van der Waals surface area contributed by atoms with E-state index in [0.717, 1.165) is 16.8 Å². The normalized spacial score (nSPS) is 15.4. The highest BCUT2D eigenvalue weighted by Crippen LogP contribution is 2.29. The predicted molar refractivity (Wildman–Crippen MR) is 116 cm³/mol. The molecule has 0 saturated carbocycles. The maximum absolute atomic E-state index is 12.7. The second kappa shape index (κ2) is 10.0. The number of carbonyl (C=O) groups is 1. The van der Waals surface area contributed by atoms with Crippen LogP contribution in [0.5, 0.6) is 11.5 Å². The number of hydrogen-bond acceptors (Lipinski definition) is 5. The first-order valence-electron chi connectivity index (χ1n) is 10.0. The van der Waals surface area contributed by atoms with Crippen LogP contribution in [0.15, 0.2) is 53.7 Å². The number of amides is 2. The highest BCUT2D eigenvalue weighted by molar-refractivity contribution is 6.01. The quantitative estimate of drug-likeness (QED) is 0.717. The van der Waals surface area contributed by atoms with Crippen molar-refractivity contribution in [3.05, 3.63) is 59.7 Å². The van der Waals surface area contributed by atoms with Gasteiger partial charge in [-0.3, -0.25) is 0 Å². The molecule has 2 aromatic carbocycles. The number of nitrogens with one attached hydrogen (secondary N) is 1. The average Bonchev–Trinajstić information content (AvgIpc) is 3.21. The third-order valence-electron chi connectivity index (χ3n) is 4.79. The Morgan fingerprint density at radius 2 is 1.90 bits per heavy atom. The van der Waals surface area contributed by atoms with Crippen LogP contribution in [-0.2, 0) is 11.4 Å². The number of benzene rings is 2. The zero-order valence-corrected chi connectivity index (χ0v) is 17.9. The summed E-state index contributed by atoms with van der Waals surface area (Å²) < 4.78 is 10.7. The zero-order chi connectivity index (χ0) is 21.5. The van der Waals surface area contributed by atoms with Crippen LogP contribution in [0.4, 0.5) is 4.79 Å². The molecular weight excluding hydrogens is 382 g/mol. The van der Waals surface area contributed by atoms with Gasteiger partial charge in [0.2, 0.25) is 0 Å². The Morgan fingerprint density at radius 1 is 1.17 bits per heavy atom. The number of hydrogen-bond donors (Lipinski definition) is 1. The molecule has 7 nitrogen and oxygen atoms in total. The van der Waals surface area contributed by atoms with Crippen LogP contribution < -0.4 is 14.8 Å². The molecule has 0 fully saturated rings. The minimum atomic E-state index is -0.213. The molecule has 1 aliphatic heterocycles.